The molecular formula is C14H12BrF2NO. The normalized spacial score (nSPS) is 10.5. The van der Waals surface area contributed by atoms with Crippen molar-refractivity contribution in [1.29, 1.82) is 0 Å². The molecule has 0 aromatic heterocycles. The van der Waals surface area contributed by atoms with Crippen molar-refractivity contribution in [2.75, 3.05) is 6.54 Å². The molecule has 0 amide bonds. The molecule has 0 saturated heterocycles. The lowest BCUT2D eigenvalue weighted by molar-refractivity contribution is 0.438. The van der Waals surface area contributed by atoms with Gasteiger partial charge in [0.2, 0.25) is 0 Å². The first kappa shape index (κ1) is 14.0. The highest BCUT2D eigenvalue weighted by molar-refractivity contribution is 9.10. The Labute approximate surface area is 118 Å². The highest BCUT2D eigenvalue weighted by Gasteiger charge is 2.09. The van der Waals surface area contributed by atoms with E-state index in [-0.39, 0.29) is 5.75 Å². The Morgan fingerprint density at radius 1 is 1.05 bits per heavy atom. The summed E-state index contributed by atoms with van der Waals surface area (Å²) in [6.07, 6.45) is 0.609. The molecule has 19 heavy (non-hydrogen) atoms. The molecule has 2 aromatic carbocycles. The van der Waals surface area contributed by atoms with Crippen LogP contribution in [0.5, 0.6) is 11.5 Å². The molecular weight excluding hydrogens is 316 g/mol. The molecule has 0 fully saturated rings. The summed E-state index contributed by atoms with van der Waals surface area (Å²) in [4.78, 5) is 0. The van der Waals surface area contributed by atoms with Crippen LogP contribution in [0, 0.1) is 11.6 Å². The molecule has 2 aromatic rings. The second-order valence-corrected chi connectivity index (χ2v) is 4.83. The molecule has 5 heteroatoms. The third-order valence-corrected chi connectivity index (χ3v) is 3.16. The minimum Gasteiger partial charge on any atom is -0.453 e. The minimum atomic E-state index is -0.470. The predicted octanol–water partition coefficient (Wildman–Crippen LogP) is 4.02. The molecule has 0 atom stereocenters. The molecule has 2 nitrogen and oxygen atoms in total. The maximum atomic E-state index is 13.8. The standard InChI is InChI=1S/C14H12BrF2NO/c15-11-8-10(16)2-4-13(11)19-14-3-1-9(5-6-18)7-12(14)17/h1-4,7-8H,5-6,18H2. The van der Waals surface area contributed by atoms with Crippen LogP contribution in [0.3, 0.4) is 0 Å². The first-order valence-electron chi connectivity index (χ1n) is 5.71. The third kappa shape index (κ3) is 3.52. The van der Waals surface area contributed by atoms with Gasteiger partial charge in [0, 0.05) is 0 Å². The molecule has 0 radical (unpaired) electrons. The number of rotatable bonds is 4. The summed E-state index contributed by atoms with van der Waals surface area (Å²) in [7, 11) is 0. The smallest absolute Gasteiger partial charge is 0.165 e. The molecule has 100 valence electrons. The predicted molar refractivity (Wildman–Crippen MR) is 73.3 cm³/mol. The maximum absolute atomic E-state index is 13.8. The van der Waals surface area contributed by atoms with E-state index in [1.165, 1.54) is 30.3 Å². The van der Waals surface area contributed by atoms with Crippen molar-refractivity contribution < 1.29 is 13.5 Å². The van der Waals surface area contributed by atoms with E-state index in [0.29, 0.717) is 23.2 Å². The molecule has 0 heterocycles. The molecule has 0 spiro atoms. The highest BCUT2D eigenvalue weighted by atomic mass is 79.9. The van der Waals surface area contributed by atoms with E-state index in [0.717, 1.165) is 5.56 Å². The van der Waals surface area contributed by atoms with Gasteiger partial charge in [0.05, 0.1) is 4.47 Å². The number of benzene rings is 2. The zero-order valence-corrected chi connectivity index (χ0v) is 11.6. The monoisotopic (exact) mass is 327 g/mol. The van der Waals surface area contributed by atoms with Crippen LogP contribution < -0.4 is 10.5 Å². The van der Waals surface area contributed by atoms with Crippen LogP contribution in [0.15, 0.2) is 40.9 Å². The van der Waals surface area contributed by atoms with Gasteiger partial charge >= 0.3 is 0 Å². The Bertz CT molecular complexity index is 590. The van der Waals surface area contributed by atoms with Crippen molar-refractivity contribution in [2.45, 2.75) is 6.42 Å². The van der Waals surface area contributed by atoms with Gasteiger partial charge in [-0.3, -0.25) is 0 Å². The summed E-state index contributed by atoms with van der Waals surface area (Å²) in [5.41, 5.74) is 6.22. The second kappa shape index (κ2) is 6.12. The molecule has 0 saturated carbocycles. The number of hydrogen-bond donors (Lipinski definition) is 1. The average Bonchev–Trinajstić information content (AvgIpc) is 2.36. The number of halogens is 3. The van der Waals surface area contributed by atoms with Crippen molar-refractivity contribution in [3.05, 3.63) is 58.1 Å². The zero-order valence-electron chi connectivity index (χ0n) is 10.00. The van der Waals surface area contributed by atoms with Crippen LogP contribution in [0.4, 0.5) is 8.78 Å². The summed E-state index contributed by atoms with van der Waals surface area (Å²) in [6.45, 7) is 0.461. The third-order valence-electron chi connectivity index (χ3n) is 2.54. The fraction of sp³-hybridized carbons (Fsp3) is 0.143. The quantitative estimate of drug-likeness (QED) is 0.920. The lowest BCUT2D eigenvalue weighted by Crippen LogP contribution is -2.03. The lowest BCUT2D eigenvalue weighted by atomic mass is 10.1. The Kier molecular flexibility index (Phi) is 4.50. The molecule has 0 aliphatic rings. The van der Waals surface area contributed by atoms with Crippen LogP contribution in [-0.4, -0.2) is 6.54 Å². The van der Waals surface area contributed by atoms with Crippen molar-refractivity contribution in [2.24, 2.45) is 5.73 Å². The van der Waals surface area contributed by atoms with Gasteiger partial charge in [-0.1, -0.05) is 6.07 Å². The van der Waals surface area contributed by atoms with Crippen LogP contribution in [0.25, 0.3) is 0 Å². The van der Waals surface area contributed by atoms with Crippen molar-refractivity contribution in [3.8, 4) is 11.5 Å². The van der Waals surface area contributed by atoms with E-state index in [4.69, 9.17) is 10.5 Å². The van der Waals surface area contributed by atoms with Gasteiger partial charge in [-0.25, -0.2) is 8.78 Å². The molecule has 0 aliphatic heterocycles. The summed E-state index contributed by atoms with van der Waals surface area (Å²) >= 11 is 3.16. The minimum absolute atomic E-state index is 0.0908. The maximum Gasteiger partial charge on any atom is 0.165 e. The molecule has 0 bridgehead atoms. The molecule has 2 N–H and O–H groups in total. The van der Waals surface area contributed by atoms with Gasteiger partial charge in [-0.15, -0.1) is 0 Å². The van der Waals surface area contributed by atoms with Crippen molar-refractivity contribution in [1.82, 2.24) is 0 Å². The molecule has 0 aliphatic carbocycles. The van der Waals surface area contributed by atoms with Gasteiger partial charge in [0.15, 0.2) is 11.6 Å². The first-order valence-corrected chi connectivity index (χ1v) is 6.51. The van der Waals surface area contributed by atoms with Crippen molar-refractivity contribution in [3.63, 3.8) is 0 Å². The Morgan fingerprint density at radius 2 is 1.79 bits per heavy atom. The second-order valence-electron chi connectivity index (χ2n) is 3.98. The van der Waals surface area contributed by atoms with E-state index in [9.17, 15) is 8.78 Å². The van der Waals surface area contributed by atoms with Crippen LogP contribution in [-0.2, 0) is 6.42 Å². The van der Waals surface area contributed by atoms with Gasteiger partial charge in [0.1, 0.15) is 11.6 Å². The topological polar surface area (TPSA) is 35.2 Å². The summed E-state index contributed by atoms with van der Waals surface area (Å²) in [5.74, 6) is -0.417. The molecule has 2 rings (SSSR count). The number of ether oxygens (including phenoxy) is 1. The number of nitrogens with two attached hydrogens (primary N) is 1. The fourth-order valence-corrected chi connectivity index (χ4v) is 2.06. The van der Waals surface area contributed by atoms with Gasteiger partial charge < -0.3 is 10.5 Å². The van der Waals surface area contributed by atoms with Crippen LogP contribution >= 0.6 is 15.9 Å². The van der Waals surface area contributed by atoms with Crippen LogP contribution in [0.1, 0.15) is 5.56 Å². The Hall–Kier alpha value is -1.46. The van der Waals surface area contributed by atoms with E-state index in [1.807, 2.05) is 0 Å². The Morgan fingerprint density at radius 3 is 2.42 bits per heavy atom. The first-order chi connectivity index (χ1) is 9.10. The van der Waals surface area contributed by atoms with Gasteiger partial charge in [0.25, 0.3) is 0 Å². The van der Waals surface area contributed by atoms with E-state index in [1.54, 1.807) is 6.07 Å². The highest BCUT2D eigenvalue weighted by Crippen LogP contribution is 2.31. The van der Waals surface area contributed by atoms with Crippen LogP contribution in [0.2, 0.25) is 0 Å². The van der Waals surface area contributed by atoms with E-state index >= 15 is 0 Å². The fourth-order valence-electron chi connectivity index (χ4n) is 1.63. The van der Waals surface area contributed by atoms with E-state index < -0.39 is 11.6 Å². The SMILES string of the molecule is NCCc1ccc(Oc2ccc(F)cc2Br)c(F)c1. The van der Waals surface area contributed by atoms with Gasteiger partial charge in [-0.2, -0.15) is 0 Å². The summed E-state index contributed by atoms with van der Waals surface area (Å²) in [6, 6.07) is 8.63. The Balaban J connectivity index is 2.23. The average molecular weight is 328 g/mol. The van der Waals surface area contributed by atoms with Gasteiger partial charge in [-0.05, 0) is 64.8 Å². The van der Waals surface area contributed by atoms with E-state index in [2.05, 4.69) is 15.9 Å². The molecule has 0 unspecified atom stereocenters. The van der Waals surface area contributed by atoms with Crippen molar-refractivity contribution >= 4 is 15.9 Å². The lowest BCUT2D eigenvalue weighted by Gasteiger charge is -2.09. The summed E-state index contributed by atoms with van der Waals surface area (Å²) < 4.78 is 32.6. The summed E-state index contributed by atoms with van der Waals surface area (Å²) in [5, 5.41) is 0. The largest absolute Gasteiger partial charge is 0.453 e. The zero-order chi connectivity index (χ0) is 13.8. The number of hydrogen-bond acceptors (Lipinski definition) is 2.